The third kappa shape index (κ3) is 5.11. The predicted molar refractivity (Wildman–Crippen MR) is 90.5 cm³/mol. The van der Waals surface area contributed by atoms with E-state index in [-0.39, 0.29) is 11.8 Å². The largest absolute Gasteiger partial charge is 0.352 e. The smallest absolute Gasteiger partial charge is 0.224 e. The molecule has 1 aromatic rings. The second-order valence-corrected chi connectivity index (χ2v) is 6.04. The molecule has 22 heavy (non-hydrogen) atoms. The van der Waals surface area contributed by atoms with E-state index in [0.29, 0.717) is 6.54 Å². The molecule has 2 N–H and O–H groups in total. The van der Waals surface area contributed by atoms with Crippen LogP contribution in [-0.4, -0.2) is 37.0 Å². The molecule has 1 atom stereocenters. The van der Waals surface area contributed by atoms with Crippen molar-refractivity contribution in [2.75, 3.05) is 26.2 Å². The van der Waals surface area contributed by atoms with Crippen molar-refractivity contribution in [3.05, 3.63) is 35.4 Å². The highest BCUT2D eigenvalue weighted by atomic mass is 16.1. The molecule has 0 saturated carbocycles. The molecule has 1 fully saturated rings. The molecular weight excluding hydrogens is 274 g/mol. The van der Waals surface area contributed by atoms with Crippen molar-refractivity contribution >= 4 is 5.91 Å². The summed E-state index contributed by atoms with van der Waals surface area (Å²) in [6.07, 6.45) is 2.10. The third-order valence-electron chi connectivity index (χ3n) is 4.46. The first-order valence-corrected chi connectivity index (χ1v) is 8.51. The van der Waals surface area contributed by atoms with Crippen molar-refractivity contribution < 1.29 is 4.79 Å². The Morgan fingerprint density at radius 3 is 2.50 bits per heavy atom. The normalized spacial score (nSPS) is 18.4. The van der Waals surface area contributed by atoms with Crippen molar-refractivity contribution in [3.63, 3.8) is 0 Å². The monoisotopic (exact) mass is 303 g/mol. The molecule has 1 aliphatic heterocycles. The highest BCUT2D eigenvalue weighted by Crippen LogP contribution is 2.11. The highest BCUT2D eigenvalue weighted by Gasteiger charge is 2.20. The molecule has 0 bridgehead atoms. The van der Waals surface area contributed by atoms with Gasteiger partial charge in [0.1, 0.15) is 0 Å². The van der Waals surface area contributed by atoms with Crippen LogP contribution in [0.2, 0.25) is 0 Å². The number of amides is 1. The summed E-state index contributed by atoms with van der Waals surface area (Å²) < 4.78 is 0. The highest BCUT2D eigenvalue weighted by molar-refractivity contribution is 5.78. The fourth-order valence-corrected chi connectivity index (χ4v) is 2.88. The van der Waals surface area contributed by atoms with Crippen LogP contribution in [-0.2, 0) is 17.9 Å². The van der Waals surface area contributed by atoms with Crippen molar-refractivity contribution in [1.29, 1.82) is 0 Å². The molecule has 0 aromatic heterocycles. The van der Waals surface area contributed by atoms with Gasteiger partial charge in [-0.25, -0.2) is 0 Å². The van der Waals surface area contributed by atoms with Gasteiger partial charge in [-0.2, -0.15) is 0 Å². The molecule has 122 valence electrons. The minimum atomic E-state index is 0.135. The third-order valence-corrected chi connectivity index (χ3v) is 4.46. The van der Waals surface area contributed by atoms with E-state index >= 15 is 0 Å². The summed E-state index contributed by atoms with van der Waals surface area (Å²) in [7, 11) is 0. The number of carbonyl (C=O) groups is 1. The fraction of sp³-hybridized carbons (Fsp3) is 0.611. The zero-order valence-electron chi connectivity index (χ0n) is 13.9. The van der Waals surface area contributed by atoms with Crippen molar-refractivity contribution in [1.82, 2.24) is 15.5 Å². The van der Waals surface area contributed by atoms with Crippen LogP contribution in [0, 0.1) is 5.92 Å². The Bertz CT molecular complexity index is 448. The molecule has 1 aliphatic rings. The van der Waals surface area contributed by atoms with Gasteiger partial charge in [0.05, 0.1) is 5.92 Å². The molecule has 0 radical (unpaired) electrons. The predicted octanol–water partition coefficient (Wildman–Crippen LogP) is 2.14. The number of nitrogens with zero attached hydrogens (tertiary/aromatic N) is 1. The summed E-state index contributed by atoms with van der Waals surface area (Å²) >= 11 is 0. The molecule has 1 saturated heterocycles. The second kappa shape index (κ2) is 8.91. The minimum Gasteiger partial charge on any atom is -0.352 e. The van der Waals surface area contributed by atoms with Crippen LogP contribution in [0.5, 0.6) is 0 Å². The molecule has 4 nitrogen and oxygen atoms in total. The van der Waals surface area contributed by atoms with Gasteiger partial charge in [0, 0.05) is 19.6 Å². The summed E-state index contributed by atoms with van der Waals surface area (Å²) in [6, 6.07) is 8.58. The van der Waals surface area contributed by atoms with Gasteiger partial charge in [-0.1, -0.05) is 38.1 Å². The molecule has 2 rings (SSSR count). The lowest BCUT2D eigenvalue weighted by Crippen LogP contribution is -2.40. The molecule has 1 amide bonds. The zero-order chi connectivity index (χ0) is 15.8. The Morgan fingerprint density at radius 2 is 1.91 bits per heavy atom. The maximum Gasteiger partial charge on any atom is 0.224 e. The van der Waals surface area contributed by atoms with Gasteiger partial charge in [0.2, 0.25) is 5.91 Å². The van der Waals surface area contributed by atoms with E-state index in [9.17, 15) is 4.79 Å². The molecule has 4 heteroatoms. The van der Waals surface area contributed by atoms with E-state index in [2.05, 4.69) is 53.6 Å². The van der Waals surface area contributed by atoms with Gasteiger partial charge >= 0.3 is 0 Å². The van der Waals surface area contributed by atoms with E-state index < -0.39 is 0 Å². The minimum absolute atomic E-state index is 0.135. The molecule has 1 heterocycles. The van der Waals surface area contributed by atoms with Crippen LogP contribution in [0.25, 0.3) is 0 Å². The van der Waals surface area contributed by atoms with Crippen molar-refractivity contribution in [2.24, 2.45) is 5.92 Å². The number of hydrogen-bond donors (Lipinski definition) is 2. The quantitative estimate of drug-likeness (QED) is 0.811. The van der Waals surface area contributed by atoms with Crippen LogP contribution in [0.3, 0.4) is 0 Å². The maximum atomic E-state index is 12.1. The SMILES string of the molecule is CCN(CC)Cc1ccc(CNC(=O)C2CCCNC2)cc1. The van der Waals surface area contributed by atoms with Crippen molar-refractivity contribution in [3.8, 4) is 0 Å². The summed E-state index contributed by atoms with van der Waals surface area (Å²) in [6.45, 7) is 10.00. The second-order valence-electron chi connectivity index (χ2n) is 6.04. The van der Waals surface area contributed by atoms with Crippen molar-refractivity contribution in [2.45, 2.75) is 39.8 Å². The van der Waals surface area contributed by atoms with Gasteiger partial charge in [-0.15, -0.1) is 0 Å². The zero-order valence-corrected chi connectivity index (χ0v) is 13.9. The molecule has 1 unspecified atom stereocenters. The summed E-state index contributed by atoms with van der Waals surface area (Å²) in [5, 5.41) is 6.35. The van der Waals surface area contributed by atoms with Crippen LogP contribution < -0.4 is 10.6 Å². The summed E-state index contributed by atoms with van der Waals surface area (Å²) in [4.78, 5) is 14.5. The van der Waals surface area contributed by atoms with Gasteiger partial charge in [0.15, 0.2) is 0 Å². The number of piperidine rings is 1. The maximum absolute atomic E-state index is 12.1. The van der Waals surface area contributed by atoms with E-state index in [1.165, 1.54) is 11.1 Å². The lowest BCUT2D eigenvalue weighted by atomic mass is 9.99. The Kier molecular flexibility index (Phi) is 6.87. The molecule has 0 spiro atoms. The average Bonchev–Trinajstić information content (AvgIpc) is 2.59. The van der Waals surface area contributed by atoms with Crippen LogP contribution in [0.15, 0.2) is 24.3 Å². The first-order chi connectivity index (χ1) is 10.7. The summed E-state index contributed by atoms with van der Waals surface area (Å²) in [5.74, 6) is 0.315. The van der Waals surface area contributed by atoms with Crippen LogP contribution in [0.1, 0.15) is 37.8 Å². The summed E-state index contributed by atoms with van der Waals surface area (Å²) in [5.41, 5.74) is 2.50. The van der Waals surface area contributed by atoms with E-state index in [4.69, 9.17) is 0 Å². The molecular formula is C18H29N3O. The first-order valence-electron chi connectivity index (χ1n) is 8.51. The number of nitrogens with one attached hydrogen (secondary N) is 2. The number of benzene rings is 1. The van der Waals surface area contributed by atoms with E-state index in [1.54, 1.807) is 0 Å². The lowest BCUT2D eigenvalue weighted by Gasteiger charge is -2.22. The fourth-order valence-electron chi connectivity index (χ4n) is 2.88. The topological polar surface area (TPSA) is 44.4 Å². The van der Waals surface area contributed by atoms with Gasteiger partial charge in [-0.05, 0) is 43.6 Å². The van der Waals surface area contributed by atoms with Gasteiger partial charge < -0.3 is 10.6 Å². The van der Waals surface area contributed by atoms with E-state index in [0.717, 1.165) is 45.6 Å². The van der Waals surface area contributed by atoms with E-state index in [1.807, 2.05) is 0 Å². The standard InChI is InChI=1S/C18H29N3O/c1-3-21(4-2)14-16-9-7-15(8-10-16)12-20-18(22)17-6-5-11-19-13-17/h7-10,17,19H,3-6,11-14H2,1-2H3,(H,20,22). The first kappa shape index (κ1) is 17.0. The number of rotatable bonds is 7. The Hall–Kier alpha value is -1.39. The Morgan fingerprint density at radius 1 is 1.23 bits per heavy atom. The van der Waals surface area contributed by atoms with Gasteiger partial charge in [-0.3, -0.25) is 9.69 Å². The number of carbonyl (C=O) groups excluding carboxylic acids is 1. The van der Waals surface area contributed by atoms with Crippen LogP contribution in [0.4, 0.5) is 0 Å². The van der Waals surface area contributed by atoms with Gasteiger partial charge in [0.25, 0.3) is 0 Å². The number of hydrogen-bond acceptors (Lipinski definition) is 3. The molecule has 0 aliphatic carbocycles. The Balaban J connectivity index is 1.79. The van der Waals surface area contributed by atoms with Crippen LogP contribution >= 0.6 is 0 Å². The lowest BCUT2D eigenvalue weighted by molar-refractivity contribution is -0.125. The Labute approximate surface area is 134 Å². The molecule has 1 aromatic carbocycles. The average molecular weight is 303 g/mol.